The summed E-state index contributed by atoms with van der Waals surface area (Å²) in [6.07, 6.45) is -9.99. The first-order chi connectivity index (χ1) is 37.0. The van der Waals surface area contributed by atoms with Crippen molar-refractivity contribution < 1.29 is 120 Å². The Balaban J connectivity index is 0.0000120. The molecule has 0 aromatic rings. The molecule has 15 atom stereocenters. The molecular weight excluding hydrogens is 1130 g/mol. The maximum absolute atomic E-state index is 14.0. The van der Waals surface area contributed by atoms with E-state index in [1.54, 1.807) is 47.6 Å². The minimum Gasteiger partial charge on any atom is -0.481 e. The predicted molar refractivity (Wildman–Crippen MR) is 282 cm³/mol. The molecule has 451 valence electrons. The van der Waals surface area contributed by atoms with Gasteiger partial charge in [-0.2, -0.15) is 0 Å². The Bertz CT molecular complexity index is 2800. The third-order valence-corrected chi connectivity index (χ3v) is 19.1. The molecule has 6 aliphatic heterocycles. The maximum Gasteiger partial charge on any atom is 2.00 e. The van der Waals surface area contributed by atoms with Gasteiger partial charge in [-0.25, -0.2) is 4.57 Å². The largest absolute Gasteiger partial charge is 2.00 e. The molecule has 0 aromatic heterocycles. The van der Waals surface area contributed by atoms with Crippen LogP contribution in [0.15, 0.2) is 49.3 Å². The fraction of sp³-hybridized carbons (Fsp3) is 0.698. The number of amides is 1. The van der Waals surface area contributed by atoms with Gasteiger partial charge < -0.3 is 66.2 Å². The van der Waals surface area contributed by atoms with Crippen LogP contribution in [0.4, 0.5) is 0 Å². The number of carboxylic acid groups (broad SMARTS) is 6. The van der Waals surface area contributed by atoms with Gasteiger partial charge in [-0.1, -0.05) is 34.6 Å². The number of hydrogen-bond donors (Lipinski definition) is 12. The quantitative estimate of drug-likeness (QED) is 0.0576. The Morgan fingerprint density at radius 3 is 1.90 bits per heavy atom. The van der Waals surface area contributed by atoms with Crippen LogP contribution in [0.1, 0.15) is 133 Å². The van der Waals surface area contributed by atoms with Crippen LogP contribution >= 0.6 is 7.82 Å². The standard InChI is InChI=1S/C53H76N5O21P.Co/c1-24(78-80(75,76)79-44-32(23-59)77-48(74)43(44)73)22-54-34(60)16-17-50(6)30(18-38(67)68)47-53(9)52(8,21-40(71)72)29(12-15-37(65)66)42(58-53)26(3)46-51(7,20-39(69)70)27(10-13-35(61)62)31(55-46)19-33-49(4,5)28(11-14-36(63)64)41(56-33)25(2)45(50)57-47;/h19,24,27-30,32,43-44,47-48,55,59,73-74H,10-18,20-23H2,1-9H3,(H,54,60)(H,61,62)(H,63,64)(H,65,66)(H,67,68)(H,69,70)(H,71,72)(H,75,76);/q;+2/b31-19-,41-25-,46-26-;/t24-,27-,28-,29-,30+,32+,43+,44+,47?,48-,50-,51+,52+,53+;/m1./s1. The van der Waals surface area contributed by atoms with Crippen LogP contribution in [0, 0.1) is 45.3 Å². The van der Waals surface area contributed by atoms with Crippen molar-refractivity contribution in [2.24, 2.45) is 60.3 Å². The number of nitrogens with zero attached hydrogens (tertiary/aromatic N) is 3. The Morgan fingerprint density at radius 1 is 0.790 bits per heavy atom. The van der Waals surface area contributed by atoms with Gasteiger partial charge in [-0.15, -0.1) is 0 Å². The average molecular weight is 1210 g/mol. The second-order valence-corrected chi connectivity index (χ2v) is 24.9. The zero-order chi connectivity index (χ0) is 60.0. The smallest absolute Gasteiger partial charge is 0.481 e. The summed E-state index contributed by atoms with van der Waals surface area (Å²) in [4.78, 5) is 118. The number of phosphoric ester groups is 1. The molecule has 6 rings (SSSR count). The number of aliphatic hydroxyl groups excluding tert-OH is 3. The first-order valence-electron chi connectivity index (χ1n) is 26.6. The monoisotopic (exact) mass is 1210 g/mol. The van der Waals surface area contributed by atoms with Gasteiger partial charge in [-0.3, -0.25) is 57.6 Å². The fourth-order valence-electron chi connectivity index (χ4n) is 13.5. The molecule has 2 saturated heterocycles. The van der Waals surface area contributed by atoms with Gasteiger partial charge >= 0.3 is 60.4 Å². The maximum atomic E-state index is 14.0. The third kappa shape index (κ3) is 13.3. The minimum atomic E-state index is -5.06. The van der Waals surface area contributed by atoms with E-state index in [2.05, 4.69) is 10.6 Å². The van der Waals surface area contributed by atoms with Crippen LogP contribution in [0.2, 0.25) is 0 Å². The van der Waals surface area contributed by atoms with Crippen LogP contribution in [0.25, 0.3) is 0 Å². The molecule has 28 heteroatoms. The predicted octanol–water partition coefficient (Wildman–Crippen LogP) is 3.91. The number of ether oxygens (including phenoxy) is 1. The summed E-state index contributed by atoms with van der Waals surface area (Å²) < 4.78 is 28.2. The zero-order valence-corrected chi connectivity index (χ0v) is 48.6. The Morgan fingerprint density at radius 2 is 1.36 bits per heavy atom. The van der Waals surface area contributed by atoms with E-state index in [-0.39, 0.29) is 73.1 Å². The van der Waals surface area contributed by atoms with E-state index in [0.29, 0.717) is 33.9 Å². The second kappa shape index (κ2) is 24.9. The molecule has 81 heavy (non-hydrogen) atoms. The molecule has 1 radical (unpaired) electrons. The number of rotatable bonds is 25. The summed E-state index contributed by atoms with van der Waals surface area (Å²) in [5.41, 5.74) is -4.58. The number of carboxylic acids is 6. The van der Waals surface area contributed by atoms with E-state index in [0.717, 1.165) is 0 Å². The van der Waals surface area contributed by atoms with Crippen LogP contribution < -0.4 is 10.6 Å². The molecule has 2 unspecified atom stereocenters. The molecule has 8 bridgehead atoms. The molecular formula is C53H76CoN5O21P+2. The number of carbonyl (C=O) groups is 7. The fourth-order valence-corrected chi connectivity index (χ4v) is 14.7. The van der Waals surface area contributed by atoms with Crippen molar-refractivity contribution in [3.63, 3.8) is 0 Å². The van der Waals surface area contributed by atoms with Crippen molar-refractivity contribution in [3.05, 3.63) is 34.3 Å². The molecule has 12 N–H and O–H groups in total. The van der Waals surface area contributed by atoms with E-state index >= 15 is 0 Å². The van der Waals surface area contributed by atoms with Crippen molar-refractivity contribution in [3.8, 4) is 0 Å². The second-order valence-electron chi connectivity index (χ2n) is 23.6. The third-order valence-electron chi connectivity index (χ3n) is 18.0. The number of aliphatic imine (C=N–C) groups is 3. The molecule has 0 saturated carbocycles. The number of fused-ring (bicyclic) bond motifs is 6. The summed E-state index contributed by atoms with van der Waals surface area (Å²) in [7, 11) is -5.06. The molecule has 0 aromatic carbocycles. The number of hydrogen-bond acceptors (Lipinski definition) is 18. The van der Waals surface area contributed by atoms with Crippen molar-refractivity contribution in [2.75, 3.05) is 13.2 Å². The number of nitrogens with one attached hydrogen (secondary N) is 2. The molecule has 0 spiro atoms. The summed E-state index contributed by atoms with van der Waals surface area (Å²) in [6, 6.07) is -1.26. The first-order valence-corrected chi connectivity index (χ1v) is 28.1. The molecule has 6 heterocycles. The van der Waals surface area contributed by atoms with Gasteiger partial charge in [0.15, 0.2) is 6.29 Å². The van der Waals surface area contributed by atoms with Crippen molar-refractivity contribution >= 4 is 66.7 Å². The van der Waals surface area contributed by atoms with E-state index < -0.39 is 176 Å². The van der Waals surface area contributed by atoms with Crippen LogP contribution in [0.3, 0.4) is 0 Å². The van der Waals surface area contributed by atoms with Crippen LogP contribution in [0.5, 0.6) is 0 Å². The minimum absolute atomic E-state index is 0. The molecule has 0 aliphatic carbocycles. The van der Waals surface area contributed by atoms with Gasteiger partial charge in [0, 0.05) is 112 Å². The van der Waals surface area contributed by atoms with Crippen LogP contribution in [-0.4, -0.2) is 165 Å². The molecule has 1 amide bonds. The van der Waals surface area contributed by atoms with E-state index in [1.165, 1.54) is 6.92 Å². The molecule has 2 fully saturated rings. The van der Waals surface area contributed by atoms with Crippen LogP contribution in [-0.2, 0) is 68.7 Å². The molecule has 26 nitrogen and oxygen atoms in total. The summed E-state index contributed by atoms with van der Waals surface area (Å²) in [5, 5.41) is 98.4. The Labute approximate surface area is 478 Å². The van der Waals surface area contributed by atoms with Gasteiger partial charge in [0.1, 0.15) is 18.3 Å². The first kappa shape index (κ1) is 66.6. The van der Waals surface area contributed by atoms with Gasteiger partial charge in [0.05, 0.1) is 43.6 Å². The SMILES string of the molecule is C/C1=C2N=C(/C=C3\N/C(=C(/C)C4=N[C@@](C)(C5N=C1[C@](C)(CCC(=O)NC[C@@H](C)OP(=O)(O)O[C@@H]1[C@H](O)[C@H](O)O[C@H]1CO)[C@H]5CC(=O)O)[C@@](C)(CC(=O)O)[C@@H]4CCC(=O)O)[C@@](C)(CC(=O)O)[C@@H]3CCC(=O)O)C(C)(C)[C@@H]/2CCC(=O)O.[Co+2]. The van der Waals surface area contributed by atoms with Crippen molar-refractivity contribution in [2.45, 2.75) is 175 Å². The summed E-state index contributed by atoms with van der Waals surface area (Å²) >= 11 is 0. The van der Waals surface area contributed by atoms with Crippen molar-refractivity contribution in [1.82, 2.24) is 10.6 Å². The van der Waals surface area contributed by atoms with E-state index in [1.807, 2.05) is 13.8 Å². The average Bonchev–Trinajstić information content (AvgIpc) is 4.26. The van der Waals surface area contributed by atoms with Crippen molar-refractivity contribution in [1.29, 1.82) is 0 Å². The number of carbonyl (C=O) groups excluding carboxylic acids is 1. The van der Waals surface area contributed by atoms with E-state index in [4.69, 9.17) is 28.8 Å². The number of aliphatic carboxylic acids is 6. The normalized spacial score (nSPS) is 36.5. The van der Waals surface area contributed by atoms with Gasteiger partial charge in [0.25, 0.3) is 0 Å². The summed E-state index contributed by atoms with van der Waals surface area (Å²) in [6.45, 7) is 13.8. The Kier molecular flexibility index (Phi) is 20.5. The number of allylic oxidation sites excluding steroid dienone is 6. The topological polar surface area (TPSA) is 428 Å². The number of aliphatic hydroxyl groups is 3. The summed E-state index contributed by atoms with van der Waals surface area (Å²) in [5.74, 6) is -11.7. The zero-order valence-electron chi connectivity index (χ0n) is 46.6. The van der Waals surface area contributed by atoms with Gasteiger partial charge in [0.2, 0.25) is 5.91 Å². The van der Waals surface area contributed by atoms with E-state index in [9.17, 15) is 89.0 Å². The van der Waals surface area contributed by atoms with Gasteiger partial charge in [-0.05, 0) is 70.6 Å². The molecule has 6 aliphatic rings. The number of phosphoric acid groups is 1. The Hall–Kier alpha value is -5.22.